The van der Waals surface area contributed by atoms with Crippen LogP contribution in [0.5, 0.6) is 0 Å². The molecule has 0 saturated heterocycles. The van der Waals surface area contributed by atoms with Crippen molar-refractivity contribution >= 4 is 21.6 Å². The SMILES string of the molecule is CCc1nnc2n1-c1c(cc(F)c(Br)c1F)NC2(C)C. The van der Waals surface area contributed by atoms with Gasteiger partial charge < -0.3 is 5.32 Å². The summed E-state index contributed by atoms with van der Waals surface area (Å²) in [7, 11) is 0. The third-order valence-corrected chi connectivity index (χ3v) is 4.14. The topological polar surface area (TPSA) is 42.7 Å². The molecule has 2 heterocycles. The van der Waals surface area contributed by atoms with Gasteiger partial charge in [-0.05, 0) is 29.8 Å². The maximum atomic E-state index is 14.5. The normalized spacial score (nSPS) is 15.5. The Morgan fingerprint density at radius 3 is 2.70 bits per heavy atom. The molecule has 0 saturated carbocycles. The van der Waals surface area contributed by atoms with E-state index in [1.54, 1.807) is 4.57 Å². The van der Waals surface area contributed by atoms with Gasteiger partial charge in [0, 0.05) is 12.5 Å². The average Bonchev–Trinajstić information content (AvgIpc) is 2.80. The van der Waals surface area contributed by atoms with Crippen LogP contribution in [0, 0.1) is 11.6 Å². The molecule has 1 aromatic carbocycles. The van der Waals surface area contributed by atoms with Crippen LogP contribution in [-0.2, 0) is 12.0 Å². The lowest BCUT2D eigenvalue weighted by atomic mass is 9.99. The maximum absolute atomic E-state index is 14.5. The maximum Gasteiger partial charge on any atom is 0.166 e. The predicted octanol–water partition coefficient (Wildman–Crippen LogP) is 3.53. The van der Waals surface area contributed by atoms with Gasteiger partial charge in [0.15, 0.2) is 11.6 Å². The van der Waals surface area contributed by atoms with Crippen molar-refractivity contribution in [2.24, 2.45) is 0 Å². The number of rotatable bonds is 1. The Kier molecular flexibility index (Phi) is 2.86. The van der Waals surface area contributed by atoms with Crippen LogP contribution >= 0.6 is 15.9 Å². The standard InChI is InChI=1S/C13H13BrF2N4/c1-4-8-18-19-12-13(2,3)17-7-5-6(15)9(14)10(16)11(7)20(8)12/h5,17H,4H2,1-3H3. The lowest BCUT2D eigenvalue weighted by Crippen LogP contribution is -2.36. The molecule has 106 valence electrons. The highest BCUT2D eigenvalue weighted by Crippen LogP contribution is 2.40. The van der Waals surface area contributed by atoms with E-state index in [1.165, 1.54) is 6.07 Å². The summed E-state index contributed by atoms with van der Waals surface area (Å²) in [5, 5.41) is 11.4. The number of hydrogen-bond acceptors (Lipinski definition) is 3. The smallest absolute Gasteiger partial charge is 0.166 e. The first-order valence-electron chi connectivity index (χ1n) is 6.27. The van der Waals surface area contributed by atoms with Crippen molar-refractivity contribution in [3.8, 4) is 5.69 Å². The molecule has 1 N–H and O–H groups in total. The highest BCUT2D eigenvalue weighted by molar-refractivity contribution is 9.10. The van der Waals surface area contributed by atoms with Crippen LogP contribution in [0.25, 0.3) is 5.69 Å². The third-order valence-electron chi connectivity index (χ3n) is 3.41. The fourth-order valence-corrected chi connectivity index (χ4v) is 2.78. The van der Waals surface area contributed by atoms with Gasteiger partial charge in [-0.15, -0.1) is 10.2 Å². The zero-order valence-corrected chi connectivity index (χ0v) is 12.8. The van der Waals surface area contributed by atoms with Gasteiger partial charge in [0.1, 0.15) is 17.3 Å². The summed E-state index contributed by atoms with van der Waals surface area (Å²) >= 11 is 2.94. The van der Waals surface area contributed by atoms with E-state index in [-0.39, 0.29) is 10.2 Å². The average molecular weight is 343 g/mol. The number of fused-ring (bicyclic) bond motifs is 3. The molecule has 1 aromatic heterocycles. The number of nitrogens with zero attached hydrogens (tertiary/aromatic N) is 3. The molecule has 2 aromatic rings. The van der Waals surface area contributed by atoms with Crippen LogP contribution in [-0.4, -0.2) is 14.8 Å². The van der Waals surface area contributed by atoms with Crippen molar-refractivity contribution in [2.45, 2.75) is 32.7 Å². The van der Waals surface area contributed by atoms with Gasteiger partial charge in [0.25, 0.3) is 0 Å². The lowest BCUT2D eigenvalue weighted by molar-refractivity contribution is 0.511. The van der Waals surface area contributed by atoms with Crippen molar-refractivity contribution in [1.29, 1.82) is 0 Å². The summed E-state index contributed by atoms with van der Waals surface area (Å²) in [6, 6.07) is 1.28. The van der Waals surface area contributed by atoms with Gasteiger partial charge >= 0.3 is 0 Å². The largest absolute Gasteiger partial charge is 0.371 e. The fourth-order valence-electron chi connectivity index (χ4n) is 2.48. The lowest BCUT2D eigenvalue weighted by Gasteiger charge is -2.34. The molecule has 0 bridgehead atoms. The van der Waals surface area contributed by atoms with Crippen LogP contribution in [0.1, 0.15) is 32.4 Å². The Labute approximate surface area is 123 Å². The summed E-state index contributed by atoms with van der Waals surface area (Å²) in [5.74, 6) is -0.0367. The summed E-state index contributed by atoms with van der Waals surface area (Å²) in [6.45, 7) is 5.71. The highest BCUT2D eigenvalue weighted by atomic mass is 79.9. The van der Waals surface area contributed by atoms with Gasteiger partial charge in [-0.2, -0.15) is 0 Å². The highest BCUT2D eigenvalue weighted by Gasteiger charge is 2.37. The number of halogens is 3. The molecule has 0 atom stereocenters. The fraction of sp³-hybridized carbons (Fsp3) is 0.385. The summed E-state index contributed by atoms with van der Waals surface area (Å²) in [4.78, 5) is 0. The number of nitrogens with one attached hydrogen (secondary N) is 1. The summed E-state index contributed by atoms with van der Waals surface area (Å²) in [5.41, 5.74) is 0.102. The van der Waals surface area contributed by atoms with Crippen LogP contribution in [0.4, 0.5) is 14.5 Å². The van der Waals surface area contributed by atoms with E-state index in [0.717, 1.165) is 0 Å². The molecule has 1 aliphatic heterocycles. The minimum absolute atomic E-state index is 0.181. The summed E-state index contributed by atoms with van der Waals surface area (Å²) in [6.07, 6.45) is 0.608. The van der Waals surface area contributed by atoms with E-state index in [2.05, 4.69) is 31.4 Å². The molecular weight excluding hydrogens is 330 g/mol. The number of anilines is 1. The molecule has 3 rings (SSSR count). The molecule has 1 aliphatic rings. The molecular formula is C13H13BrF2N4. The first kappa shape index (κ1) is 13.5. The minimum Gasteiger partial charge on any atom is -0.371 e. The van der Waals surface area contributed by atoms with Crippen molar-refractivity contribution in [1.82, 2.24) is 14.8 Å². The van der Waals surface area contributed by atoms with Crippen molar-refractivity contribution in [3.63, 3.8) is 0 Å². The molecule has 20 heavy (non-hydrogen) atoms. The molecule has 0 aliphatic carbocycles. The minimum atomic E-state index is -0.654. The second-order valence-electron chi connectivity index (χ2n) is 5.26. The Bertz CT molecular complexity index is 709. The third kappa shape index (κ3) is 1.69. The van der Waals surface area contributed by atoms with Gasteiger partial charge in [-0.1, -0.05) is 6.92 Å². The molecule has 4 nitrogen and oxygen atoms in total. The van der Waals surface area contributed by atoms with E-state index in [9.17, 15) is 8.78 Å². The first-order chi connectivity index (χ1) is 9.36. The van der Waals surface area contributed by atoms with Crippen LogP contribution in [0.15, 0.2) is 10.5 Å². The van der Waals surface area contributed by atoms with E-state index in [1.807, 2.05) is 20.8 Å². The second kappa shape index (κ2) is 4.25. The molecule has 0 fully saturated rings. The molecule has 0 spiro atoms. The zero-order valence-electron chi connectivity index (χ0n) is 11.3. The van der Waals surface area contributed by atoms with E-state index >= 15 is 0 Å². The van der Waals surface area contributed by atoms with E-state index < -0.39 is 17.2 Å². The van der Waals surface area contributed by atoms with Gasteiger partial charge in [0.05, 0.1) is 15.7 Å². The Balaban J connectivity index is 2.40. The number of hydrogen-bond donors (Lipinski definition) is 1. The van der Waals surface area contributed by atoms with E-state index in [0.29, 0.717) is 23.8 Å². The Hall–Kier alpha value is -1.50. The van der Waals surface area contributed by atoms with Crippen molar-refractivity contribution in [2.75, 3.05) is 5.32 Å². The first-order valence-corrected chi connectivity index (χ1v) is 7.07. The zero-order chi connectivity index (χ0) is 14.7. The monoisotopic (exact) mass is 342 g/mol. The number of benzene rings is 1. The predicted molar refractivity (Wildman–Crippen MR) is 75.0 cm³/mol. The van der Waals surface area contributed by atoms with Crippen LogP contribution in [0.2, 0.25) is 0 Å². The Morgan fingerprint density at radius 2 is 2.05 bits per heavy atom. The number of aryl methyl sites for hydroxylation is 1. The van der Waals surface area contributed by atoms with Crippen LogP contribution in [0.3, 0.4) is 0 Å². The van der Waals surface area contributed by atoms with Crippen molar-refractivity contribution < 1.29 is 8.78 Å². The number of aromatic nitrogens is 3. The van der Waals surface area contributed by atoms with E-state index in [4.69, 9.17) is 0 Å². The second-order valence-corrected chi connectivity index (χ2v) is 6.05. The van der Waals surface area contributed by atoms with Gasteiger partial charge in [-0.25, -0.2) is 8.78 Å². The molecule has 0 unspecified atom stereocenters. The van der Waals surface area contributed by atoms with Crippen molar-refractivity contribution in [3.05, 3.63) is 33.8 Å². The molecule has 0 amide bonds. The van der Waals surface area contributed by atoms with Gasteiger partial charge in [-0.3, -0.25) is 4.57 Å². The van der Waals surface area contributed by atoms with Gasteiger partial charge in [0.2, 0.25) is 0 Å². The Morgan fingerprint density at radius 1 is 1.35 bits per heavy atom. The quantitative estimate of drug-likeness (QED) is 0.806. The molecule has 0 radical (unpaired) electrons. The van der Waals surface area contributed by atoms with Crippen LogP contribution < -0.4 is 5.32 Å². The molecule has 7 heteroatoms. The summed E-state index contributed by atoms with van der Waals surface area (Å²) < 4.78 is 29.7.